The lowest BCUT2D eigenvalue weighted by Gasteiger charge is -2.08. The minimum absolute atomic E-state index is 0.227. The first-order valence-corrected chi connectivity index (χ1v) is 7.58. The van der Waals surface area contributed by atoms with Gasteiger partial charge in [-0.15, -0.1) is 0 Å². The van der Waals surface area contributed by atoms with E-state index in [0.717, 1.165) is 11.3 Å². The molecule has 2 heterocycles. The zero-order valence-corrected chi connectivity index (χ0v) is 13.5. The second-order valence-corrected chi connectivity index (χ2v) is 5.39. The Kier molecular flexibility index (Phi) is 4.56. The molecule has 0 aliphatic heterocycles. The topological polar surface area (TPSA) is 80.7 Å². The van der Waals surface area contributed by atoms with Crippen molar-refractivity contribution in [3.63, 3.8) is 0 Å². The normalized spacial score (nSPS) is 10.4. The summed E-state index contributed by atoms with van der Waals surface area (Å²) in [5.41, 5.74) is 3.55. The number of aryl methyl sites for hydroxylation is 2. The molecule has 0 bridgehead atoms. The Hall–Kier alpha value is -3.15. The van der Waals surface area contributed by atoms with Crippen molar-refractivity contribution in [1.29, 1.82) is 0 Å². The molecular formula is C18H17N5O. The van der Waals surface area contributed by atoms with E-state index < -0.39 is 0 Å². The highest BCUT2D eigenvalue weighted by atomic mass is 16.1. The third kappa shape index (κ3) is 3.60. The molecule has 0 saturated carbocycles. The molecule has 120 valence electrons. The number of nitrogens with zero attached hydrogens (tertiary/aromatic N) is 4. The fourth-order valence-electron chi connectivity index (χ4n) is 2.19. The number of carbonyl (C=O) groups is 1. The van der Waals surface area contributed by atoms with Crippen molar-refractivity contribution in [2.24, 2.45) is 0 Å². The molecule has 0 radical (unpaired) electrons. The van der Waals surface area contributed by atoms with Crippen LogP contribution in [0, 0.1) is 13.8 Å². The van der Waals surface area contributed by atoms with Gasteiger partial charge in [-0.3, -0.25) is 14.8 Å². The maximum Gasteiger partial charge on any atom is 0.255 e. The molecule has 1 amide bonds. The molecule has 0 fully saturated rings. The molecule has 0 aliphatic rings. The predicted molar refractivity (Wildman–Crippen MR) is 90.1 cm³/mol. The average Bonchev–Trinajstić information content (AvgIpc) is 2.61. The number of aromatic nitrogens is 4. The van der Waals surface area contributed by atoms with Gasteiger partial charge in [0.2, 0.25) is 0 Å². The van der Waals surface area contributed by atoms with Crippen LogP contribution < -0.4 is 5.32 Å². The Morgan fingerprint density at radius 3 is 2.46 bits per heavy atom. The summed E-state index contributed by atoms with van der Waals surface area (Å²) in [4.78, 5) is 29.4. The fourth-order valence-corrected chi connectivity index (χ4v) is 2.19. The highest BCUT2D eigenvalue weighted by molar-refractivity contribution is 5.95. The first-order chi connectivity index (χ1) is 11.6. The van der Waals surface area contributed by atoms with Crippen LogP contribution in [-0.4, -0.2) is 25.8 Å². The molecule has 0 saturated heterocycles. The van der Waals surface area contributed by atoms with Crippen LogP contribution in [0.4, 0.5) is 0 Å². The zero-order valence-electron chi connectivity index (χ0n) is 13.5. The van der Waals surface area contributed by atoms with Crippen LogP contribution in [-0.2, 0) is 6.54 Å². The van der Waals surface area contributed by atoms with E-state index in [1.807, 2.05) is 37.3 Å². The summed E-state index contributed by atoms with van der Waals surface area (Å²) in [7, 11) is 0. The third-order valence-corrected chi connectivity index (χ3v) is 3.52. The number of nitrogens with one attached hydrogen (secondary N) is 1. The Labute approximate surface area is 140 Å². The van der Waals surface area contributed by atoms with Crippen LogP contribution >= 0.6 is 0 Å². The molecule has 0 unspecified atom stereocenters. The number of amides is 1. The molecular weight excluding hydrogens is 302 g/mol. The lowest BCUT2D eigenvalue weighted by Crippen LogP contribution is -2.24. The third-order valence-electron chi connectivity index (χ3n) is 3.52. The van der Waals surface area contributed by atoms with E-state index in [9.17, 15) is 4.79 Å². The Balaban J connectivity index is 1.72. The minimum atomic E-state index is -0.227. The van der Waals surface area contributed by atoms with Gasteiger partial charge in [-0.2, -0.15) is 0 Å². The van der Waals surface area contributed by atoms with Gasteiger partial charge in [-0.05, 0) is 13.8 Å². The molecule has 0 aliphatic carbocycles. The second kappa shape index (κ2) is 6.95. The molecule has 0 atom stereocenters. The van der Waals surface area contributed by atoms with Crippen molar-refractivity contribution in [1.82, 2.24) is 25.3 Å². The lowest BCUT2D eigenvalue weighted by molar-refractivity contribution is 0.0949. The van der Waals surface area contributed by atoms with Crippen LogP contribution in [0.2, 0.25) is 0 Å². The van der Waals surface area contributed by atoms with Gasteiger partial charge in [-0.25, -0.2) is 9.97 Å². The number of carbonyl (C=O) groups excluding carboxylic acids is 1. The van der Waals surface area contributed by atoms with E-state index in [1.54, 1.807) is 25.5 Å². The largest absolute Gasteiger partial charge is 0.346 e. The molecule has 24 heavy (non-hydrogen) atoms. The van der Waals surface area contributed by atoms with Crippen molar-refractivity contribution in [2.75, 3.05) is 0 Å². The van der Waals surface area contributed by atoms with E-state index in [4.69, 9.17) is 0 Å². The molecule has 6 heteroatoms. The maximum atomic E-state index is 12.3. The van der Waals surface area contributed by atoms with Crippen LogP contribution in [0.1, 0.15) is 27.4 Å². The quantitative estimate of drug-likeness (QED) is 0.799. The van der Waals surface area contributed by atoms with Gasteiger partial charge in [0, 0.05) is 18.0 Å². The first kappa shape index (κ1) is 15.7. The van der Waals surface area contributed by atoms with Crippen LogP contribution in [0.15, 0.2) is 48.9 Å². The van der Waals surface area contributed by atoms with Gasteiger partial charge in [-0.1, -0.05) is 30.3 Å². The number of benzene rings is 1. The molecule has 2 aromatic heterocycles. The van der Waals surface area contributed by atoms with E-state index >= 15 is 0 Å². The molecule has 3 aromatic rings. The van der Waals surface area contributed by atoms with Gasteiger partial charge >= 0.3 is 0 Å². The number of rotatable bonds is 4. The molecule has 6 nitrogen and oxygen atoms in total. The van der Waals surface area contributed by atoms with Crippen molar-refractivity contribution in [2.45, 2.75) is 20.4 Å². The maximum absolute atomic E-state index is 12.3. The van der Waals surface area contributed by atoms with Crippen molar-refractivity contribution in [3.05, 3.63) is 71.6 Å². The summed E-state index contributed by atoms with van der Waals surface area (Å²) < 4.78 is 0. The van der Waals surface area contributed by atoms with Gasteiger partial charge < -0.3 is 5.32 Å². The second-order valence-electron chi connectivity index (χ2n) is 5.39. The van der Waals surface area contributed by atoms with Gasteiger partial charge in [0.15, 0.2) is 5.82 Å². The van der Waals surface area contributed by atoms with Gasteiger partial charge in [0.25, 0.3) is 5.91 Å². The van der Waals surface area contributed by atoms with E-state index in [1.165, 1.54) is 0 Å². The highest BCUT2D eigenvalue weighted by Gasteiger charge is 2.12. The molecule has 1 N–H and O–H groups in total. The summed E-state index contributed by atoms with van der Waals surface area (Å²) in [6.45, 7) is 3.98. The van der Waals surface area contributed by atoms with Crippen molar-refractivity contribution < 1.29 is 4.79 Å². The Morgan fingerprint density at radius 1 is 1.00 bits per heavy atom. The summed E-state index contributed by atoms with van der Waals surface area (Å²) in [6.07, 6.45) is 4.88. The van der Waals surface area contributed by atoms with Gasteiger partial charge in [0.05, 0.1) is 35.4 Å². The SMILES string of the molecule is Cc1cnc(CNC(=O)c2cnc(-c3ccccc3)nc2C)cn1. The highest BCUT2D eigenvalue weighted by Crippen LogP contribution is 2.15. The van der Waals surface area contributed by atoms with Crippen molar-refractivity contribution >= 4 is 5.91 Å². The summed E-state index contributed by atoms with van der Waals surface area (Å²) in [5.74, 6) is 0.378. The minimum Gasteiger partial charge on any atom is -0.346 e. The Morgan fingerprint density at radius 2 is 1.79 bits per heavy atom. The molecule has 3 rings (SSSR count). The van der Waals surface area contributed by atoms with E-state index in [0.29, 0.717) is 29.3 Å². The summed E-state index contributed by atoms with van der Waals surface area (Å²) >= 11 is 0. The standard InChI is InChI=1S/C18H17N5O/c1-12-8-20-15(9-19-12)10-22-18(24)16-11-21-17(23-13(16)2)14-6-4-3-5-7-14/h3-9,11H,10H2,1-2H3,(H,22,24). The van der Waals surface area contributed by atoms with Crippen molar-refractivity contribution in [3.8, 4) is 11.4 Å². The van der Waals surface area contributed by atoms with E-state index in [2.05, 4.69) is 25.3 Å². The zero-order chi connectivity index (χ0) is 16.9. The summed E-state index contributed by atoms with van der Waals surface area (Å²) in [5, 5.41) is 2.81. The average molecular weight is 319 g/mol. The van der Waals surface area contributed by atoms with Gasteiger partial charge in [0.1, 0.15) is 0 Å². The Bertz CT molecular complexity index is 847. The monoisotopic (exact) mass is 319 g/mol. The fraction of sp³-hybridized carbons (Fsp3) is 0.167. The smallest absolute Gasteiger partial charge is 0.255 e. The molecule has 0 spiro atoms. The molecule has 1 aromatic carbocycles. The predicted octanol–water partition coefficient (Wildman–Crippen LogP) is 2.48. The van der Waals surface area contributed by atoms with Crippen LogP contribution in [0.25, 0.3) is 11.4 Å². The van der Waals surface area contributed by atoms with Crippen LogP contribution in [0.3, 0.4) is 0 Å². The summed E-state index contributed by atoms with van der Waals surface area (Å²) in [6, 6.07) is 9.66. The van der Waals surface area contributed by atoms with E-state index in [-0.39, 0.29) is 5.91 Å². The van der Waals surface area contributed by atoms with Crippen LogP contribution in [0.5, 0.6) is 0 Å². The number of hydrogen-bond acceptors (Lipinski definition) is 5. The first-order valence-electron chi connectivity index (χ1n) is 7.58. The lowest BCUT2D eigenvalue weighted by atomic mass is 10.2. The number of hydrogen-bond donors (Lipinski definition) is 1.